The Balaban J connectivity index is 1.22. The number of hydrogen-bond acceptors (Lipinski definition) is 6. The van der Waals surface area contributed by atoms with Crippen molar-refractivity contribution in [2.45, 2.75) is 49.2 Å². The first-order chi connectivity index (χ1) is 18.5. The molecule has 2 aromatic rings. The summed E-state index contributed by atoms with van der Waals surface area (Å²) in [6, 6.07) is 13.4. The van der Waals surface area contributed by atoms with Gasteiger partial charge in [-0.1, -0.05) is 48.7 Å². The molecule has 0 spiro atoms. The van der Waals surface area contributed by atoms with E-state index in [1.54, 1.807) is 6.20 Å². The van der Waals surface area contributed by atoms with Gasteiger partial charge in [-0.15, -0.1) is 0 Å². The molecular formula is C28H30N6O3S. The van der Waals surface area contributed by atoms with Crippen LogP contribution in [0.4, 0.5) is 10.5 Å². The number of piperidine rings is 1. The van der Waals surface area contributed by atoms with Gasteiger partial charge in [0.1, 0.15) is 0 Å². The van der Waals surface area contributed by atoms with Gasteiger partial charge >= 0.3 is 6.03 Å². The van der Waals surface area contributed by atoms with Crippen molar-refractivity contribution in [1.29, 1.82) is 0 Å². The summed E-state index contributed by atoms with van der Waals surface area (Å²) in [4.78, 5) is 45.5. The van der Waals surface area contributed by atoms with E-state index in [-0.39, 0.29) is 47.3 Å². The topological polar surface area (TPSA) is 115 Å². The third kappa shape index (κ3) is 4.58. The summed E-state index contributed by atoms with van der Waals surface area (Å²) in [6.45, 7) is 4.26. The fraction of sp³-hybridized carbons (Fsp3) is 0.357. The number of benzene rings is 1. The Morgan fingerprint density at radius 3 is 2.68 bits per heavy atom. The molecule has 1 aromatic heterocycles. The van der Waals surface area contributed by atoms with Crippen LogP contribution in [-0.2, 0) is 9.59 Å². The second-order valence-corrected chi connectivity index (χ2v) is 11.2. The van der Waals surface area contributed by atoms with E-state index in [2.05, 4.69) is 32.8 Å². The number of carbonyl (C=O) groups is 3. The highest BCUT2D eigenvalue weighted by molar-refractivity contribution is 8.04. The molecule has 0 radical (unpaired) electrons. The van der Waals surface area contributed by atoms with Gasteiger partial charge in [0.15, 0.2) is 0 Å². The van der Waals surface area contributed by atoms with E-state index in [4.69, 9.17) is 0 Å². The molecule has 1 aromatic carbocycles. The first-order valence-electron chi connectivity index (χ1n) is 13.0. The Morgan fingerprint density at radius 1 is 1.11 bits per heavy atom. The molecule has 1 saturated carbocycles. The lowest BCUT2D eigenvalue weighted by atomic mass is 9.86. The van der Waals surface area contributed by atoms with Crippen molar-refractivity contribution >= 4 is 35.3 Å². The summed E-state index contributed by atoms with van der Waals surface area (Å²) in [5.41, 5.74) is 3.30. The monoisotopic (exact) mass is 530 g/mol. The van der Waals surface area contributed by atoms with Gasteiger partial charge in [0.25, 0.3) is 5.91 Å². The Morgan fingerprint density at radius 2 is 1.89 bits per heavy atom. The highest BCUT2D eigenvalue weighted by Crippen LogP contribution is 2.48. The Labute approximate surface area is 225 Å². The summed E-state index contributed by atoms with van der Waals surface area (Å²) in [7, 11) is 0. The van der Waals surface area contributed by atoms with Crippen molar-refractivity contribution in [1.82, 2.24) is 26.3 Å². The van der Waals surface area contributed by atoms with Crippen LogP contribution >= 0.6 is 11.8 Å². The predicted octanol–water partition coefficient (Wildman–Crippen LogP) is 2.88. The summed E-state index contributed by atoms with van der Waals surface area (Å²) < 4.78 is 0. The number of carbonyl (C=O) groups excluding carboxylic acids is 3. The van der Waals surface area contributed by atoms with Crippen LogP contribution in [0.2, 0.25) is 0 Å². The number of amides is 4. The van der Waals surface area contributed by atoms with Crippen LogP contribution < -0.4 is 26.2 Å². The van der Waals surface area contributed by atoms with Crippen LogP contribution in [0, 0.1) is 5.92 Å². The Hall–Kier alpha value is -3.63. The molecule has 1 aliphatic carbocycles. The van der Waals surface area contributed by atoms with E-state index in [0.29, 0.717) is 17.0 Å². The summed E-state index contributed by atoms with van der Waals surface area (Å²) in [5, 5.41) is 12.7. The van der Waals surface area contributed by atoms with Gasteiger partial charge in [-0.25, -0.2) is 4.79 Å². The maximum Gasteiger partial charge on any atom is 0.326 e. The molecule has 3 aliphatic heterocycles. The van der Waals surface area contributed by atoms with Crippen LogP contribution in [-0.4, -0.2) is 52.9 Å². The molecule has 38 heavy (non-hydrogen) atoms. The van der Waals surface area contributed by atoms with Crippen molar-refractivity contribution in [2.24, 2.45) is 5.92 Å². The third-order valence-corrected chi connectivity index (χ3v) is 9.09. The lowest BCUT2D eigenvalue weighted by molar-refractivity contribution is -0.117. The van der Waals surface area contributed by atoms with E-state index < -0.39 is 0 Å². The average Bonchev–Trinajstić information content (AvgIpc) is 3.54. The fourth-order valence-corrected chi connectivity index (χ4v) is 7.41. The molecular weight excluding hydrogens is 500 g/mol. The van der Waals surface area contributed by atoms with E-state index in [9.17, 15) is 14.4 Å². The number of nitrogens with one attached hydrogen (secondary N) is 4. The van der Waals surface area contributed by atoms with Crippen LogP contribution in [0.1, 0.15) is 25.7 Å². The number of pyridine rings is 1. The van der Waals surface area contributed by atoms with E-state index in [1.165, 1.54) is 17.8 Å². The summed E-state index contributed by atoms with van der Waals surface area (Å²) in [5.74, 6) is -0.382. The largest absolute Gasteiger partial charge is 0.350 e. The lowest BCUT2D eigenvalue weighted by Gasteiger charge is -2.45. The minimum Gasteiger partial charge on any atom is -0.350 e. The molecule has 0 bridgehead atoms. The molecule has 4 aliphatic rings. The molecule has 4 heterocycles. The van der Waals surface area contributed by atoms with Gasteiger partial charge in [0.2, 0.25) is 5.91 Å². The minimum atomic E-state index is -0.229. The molecule has 196 valence electrons. The molecule has 6 rings (SSSR count). The zero-order valence-electron chi connectivity index (χ0n) is 20.9. The Bertz CT molecular complexity index is 1310. The normalized spacial score (nSPS) is 27.9. The standard InChI is InChI=1S/C28H30N6O3S/c1-2-22(35)31-17-8-9-18(14-17)32-26(36)25-24-23-21(11-13-30-27(23)38-25)34(28(37)33-24)19-10-12-29-20(15-19)16-6-4-3-5-7-16/h2-7,10,12,15,17-18,21,23,27,30H,1,8-9,11,13-14H2,(H,31,35)(H,32,36)(H,33,37)/t17-,18-,21?,23?,27?/m1/s1. The molecule has 3 unspecified atom stereocenters. The van der Waals surface area contributed by atoms with Crippen molar-refractivity contribution in [3.05, 3.63) is 71.9 Å². The van der Waals surface area contributed by atoms with Crippen LogP contribution in [0.15, 0.2) is 71.9 Å². The van der Waals surface area contributed by atoms with Crippen LogP contribution in [0.25, 0.3) is 11.3 Å². The summed E-state index contributed by atoms with van der Waals surface area (Å²) >= 11 is 1.50. The first-order valence-corrected chi connectivity index (χ1v) is 13.9. The van der Waals surface area contributed by atoms with Crippen molar-refractivity contribution < 1.29 is 14.4 Å². The molecule has 10 heteroatoms. The SMILES string of the molecule is C=CC(=O)N[C@@H]1CC[C@@H](NC(=O)C2=C3NC(=O)N(c4ccnc(-c5ccccc5)c4)C4CCNC(S2)C34)C1. The quantitative estimate of drug-likeness (QED) is 0.427. The van der Waals surface area contributed by atoms with E-state index >= 15 is 0 Å². The highest BCUT2D eigenvalue weighted by Gasteiger charge is 2.52. The average molecular weight is 531 g/mol. The number of rotatable bonds is 6. The van der Waals surface area contributed by atoms with Crippen molar-refractivity contribution in [2.75, 3.05) is 11.4 Å². The number of urea groups is 1. The molecule has 5 atom stereocenters. The maximum absolute atomic E-state index is 13.5. The number of thioether (sulfide) groups is 1. The van der Waals surface area contributed by atoms with E-state index in [0.717, 1.165) is 42.8 Å². The van der Waals surface area contributed by atoms with Crippen LogP contribution in [0.3, 0.4) is 0 Å². The number of anilines is 1. The fourth-order valence-electron chi connectivity index (χ4n) is 6.01. The minimum absolute atomic E-state index is 0.00578. The smallest absolute Gasteiger partial charge is 0.326 e. The number of hydrogen-bond donors (Lipinski definition) is 4. The zero-order valence-corrected chi connectivity index (χ0v) is 21.7. The maximum atomic E-state index is 13.5. The zero-order chi connectivity index (χ0) is 26.2. The molecule has 4 amide bonds. The second kappa shape index (κ2) is 10.3. The second-order valence-electron chi connectivity index (χ2n) is 10.1. The summed E-state index contributed by atoms with van der Waals surface area (Å²) in [6.07, 6.45) is 6.07. The molecule has 9 nitrogen and oxygen atoms in total. The van der Waals surface area contributed by atoms with Gasteiger partial charge in [0.05, 0.1) is 22.0 Å². The molecule has 3 fully saturated rings. The van der Waals surface area contributed by atoms with E-state index in [1.807, 2.05) is 47.4 Å². The lowest BCUT2D eigenvalue weighted by Crippen LogP contribution is -2.62. The Kier molecular flexibility index (Phi) is 6.67. The van der Waals surface area contributed by atoms with Crippen molar-refractivity contribution in [3.8, 4) is 11.3 Å². The molecule has 4 N–H and O–H groups in total. The van der Waals surface area contributed by atoms with Gasteiger partial charge in [-0.05, 0) is 50.4 Å². The van der Waals surface area contributed by atoms with Crippen LogP contribution in [0.5, 0.6) is 0 Å². The van der Waals surface area contributed by atoms with Gasteiger partial charge < -0.3 is 21.3 Å². The van der Waals surface area contributed by atoms with Gasteiger partial charge in [0, 0.05) is 41.1 Å². The predicted molar refractivity (Wildman–Crippen MR) is 147 cm³/mol. The number of nitrogens with zero attached hydrogens (tertiary/aromatic N) is 2. The first kappa shape index (κ1) is 24.7. The van der Waals surface area contributed by atoms with Gasteiger partial charge in [-0.2, -0.15) is 0 Å². The van der Waals surface area contributed by atoms with Crippen molar-refractivity contribution in [3.63, 3.8) is 0 Å². The van der Waals surface area contributed by atoms with Gasteiger partial charge in [-0.3, -0.25) is 19.5 Å². The third-order valence-electron chi connectivity index (χ3n) is 7.74. The number of aromatic nitrogens is 1. The highest BCUT2D eigenvalue weighted by atomic mass is 32.2. The molecule has 2 saturated heterocycles.